The average Bonchev–Trinajstić information content (AvgIpc) is 2.83. The molecule has 0 saturated carbocycles. The van der Waals surface area contributed by atoms with Gasteiger partial charge in [0.1, 0.15) is 22.8 Å². The molecule has 0 aliphatic heterocycles. The lowest BCUT2D eigenvalue weighted by molar-refractivity contribution is 0.413. The fraction of sp³-hybridized carbons (Fsp3) is 0.222. The zero-order valence-corrected chi connectivity index (χ0v) is 18.9. The van der Waals surface area contributed by atoms with Crippen molar-refractivity contribution in [1.82, 2.24) is 4.98 Å². The standard InChI is InChI=1S/C27H28N2O3/c1-18-14-25(23-12-7-13-26(32-4)27(23)28-18)29-24(20-9-6-11-22(17-20)31-3)16-19-8-5-10-21(15-19)30-2/h5-15,17,24H,16H2,1-4H3,(H,28,29). The molecule has 0 fully saturated rings. The molecule has 32 heavy (non-hydrogen) atoms. The minimum Gasteiger partial charge on any atom is -0.497 e. The Morgan fingerprint density at radius 2 is 1.53 bits per heavy atom. The Labute approximate surface area is 189 Å². The number of rotatable bonds is 8. The van der Waals surface area contributed by atoms with E-state index in [9.17, 15) is 0 Å². The molecule has 1 aromatic heterocycles. The molecule has 0 spiro atoms. The Balaban J connectivity index is 1.78. The number of fused-ring (bicyclic) bond motifs is 1. The van der Waals surface area contributed by atoms with Gasteiger partial charge in [0.2, 0.25) is 0 Å². The van der Waals surface area contributed by atoms with E-state index in [4.69, 9.17) is 19.2 Å². The van der Waals surface area contributed by atoms with Gasteiger partial charge in [-0.3, -0.25) is 0 Å². The number of hydrogen-bond acceptors (Lipinski definition) is 5. The summed E-state index contributed by atoms with van der Waals surface area (Å²) in [7, 11) is 5.06. The summed E-state index contributed by atoms with van der Waals surface area (Å²) in [6.45, 7) is 2.00. The smallest absolute Gasteiger partial charge is 0.145 e. The maximum atomic E-state index is 5.56. The average molecular weight is 429 g/mol. The van der Waals surface area contributed by atoms with Crippen LogP contribution in [0.15, 0.2) is 72.8 Å². The highest BCUT2D eigenvalue weighted by Crippen LogP contribution is 2.34. The quantitative estimate of drug-likeness (QED) is 0.375. The first-order chi connectivity index (χ1) is 15.6. The summed E-state index contributed by atoms with van der Waals surface area (Å²) in [6.07, 6.45) is 0.775. The normalized spacial score (nSPS) is 11.8. The molecule has 0 saturated heterocycles. The minimum absolute atomic E-state index is 0.00778. The highest BCUT2D eigenvalue weighted by atomic mass is 16.5. The molecule has 5 heteroatoms. The van der Waals surface area contributed by atoms with Crippen molar-refractivity contribution in [2.75, 3.05) is 26.6 Å². The SMILES string of the molecule is COc1cccc(CC(Nc2cc(C)nc3c(OC)cccc23)c2cccc(OC)c2)c1. The molecule has 0 radical (unpaired) electrons. The molecule has 1 unspecified atom stereocenters. The monoisotopic (exact) mass is 428 g/mol. The Kier molecular flexibility index (Phi) is 6.45. The first-order valence-electron chi connectivity index (χ1n) is 10.6. The zero-order chi connectivity index (χ0) is 22.5. The summed E-state index contributed by atoms with van der Waals surface area (Å²) < 4.78 is 16.5. The fourth-order valence-corrected chi connectivity index (χ4v) is 3.97. The second-order valence-electron chi connectivity index (χ2n) is 7.70. The van der Waals surface area contributed by atoms with Gasteiger partial charge in [-0.2, -0.15) is 0 Å². The van der Waals surface area contributed by atoms with E-state index in [1.807, 2.05) is 43.3 Å². The number of aromatic nitrogens is 1. The summed E-state index contributed by atoms with van der Waals surface area (Å²) in [6, 6.07) is 24.5. The molecular formula is C27H28N2O3. The van der Waals surface area contributed by atoms with Gasteiger partial charge in [-0.05, 0) is 60.9 Å². The number of benzene rings is 3. The molecule has 3 aromatic carbocycles. The zero-order valence-electron chi connectivity index (χ0n) is 18.9. The second kappa shape index (κ2) is 9.60. The lowest BCUT2D eigenvalue weighted by Crippen LogP contribution is -2.14. The summed E-state index contributed by atoms with van der Waals surface area (Å²) in [5.74, 6) is 2.44. The molecule has 1 heterocycles. The van der Waals surface area contributed by atoms with Crippen LogP contribution in [0, 0.1) is 6.92 Å². The number of nitrogens with zero attached hydrogens (tertiary/aromatic N) is 1. The largest absolute Gasteiger partial charge is 0.497 e. The lowest BCUT2D eigenvalue weighted by atomic mass is 9.97. The lowest BCUT2D eigenvalue weighted by Gasteiger charge is -2.23. The molecule has 4 aromatic rings. The van der Waals surface area contributed by atoms with E-state index in [1.54, 1.807) is 21.3 Å². The molecule has 0 amide bonds. The number of aryl methyl sites for hydroxylation is 1. The summed E-state index contributed by atoms with van der Waals surface area (Å²) in [5, 5.41) is 4.80. The van der Waals surface area contributed by atoms with Crippen molar-refractivity contribution in [2.45, 2.75) is 19.4 Å². The number of methoxy groups -OCH3 is 3. The number of ether oxygens (including phenoxy) is 3. The molecule has 0 bridgehead atoms. The van der Waals surface area contributed by atoms with Crippen LogP contribution in [0.5, 0.6) is 17.2 Å². The third-order valence-electron chi connectivity index (χ3n) is 5.55. The van der Waals surface area contributed by atoms with Crippen LogP contribution in [0.1, 0.15) is 22.9 Å². The Morgan fingerprint density at radius 3 is 2.28 bits per heavy atom. The van der Waals surface area contributed by atoms with Crippen LogP contribution in [-0.2, 0) is 6.42 Å². The molecule has 4 rings (SSSR count). The van der Waals surface area contributed by atoms with Gasteiger partial charge in [-0.15, -0.1) is 0 Å². The van der Waals surface area contributed by atoms with Gasteiger partial charge in [-0.1, -0.05) is 36.4 Å². The van der Waals surface area contributed by atoms with E-state index in [2.05, 4.69) is 41.7 Å². The number of hydrogen-bond donors (Lipinski definition) is 1. The van der Waals surface area contributed by atoms with Crippen LogP contribution < -0.4 is 19.5 Å². The molecule has 0 aliphatic rings. The van der Waals surface area contributed by atoms with Crippen molar-refractivity contribution in [3.05, 3.63) is 89.6 Å². The first kappa shape index (κ1) is 21.5. The first-order valence-corrected chi connectivity index (χ1v) is 10.6. The van der Waals surface area contributed by atoms with Gasteiger partial charge in [-0.25, -0.2) is 4.98 Å². The van der Waals surface area contributed by atoms with E-state index in [0.717, 1.165) is 51.5 Å². The van der Waals surface area contributed by atoms with Crippen LogP contribution >= 0.6 is 0 Å². The van der Waals surface area contributed by atoms with Crippen LogP contribution in [0.4, 0.5) is 5.69 Å². The fourth-order valence-electron chi connectivity index (χ4n) is 3.97. The second-order valence-corrected chi connectivity index (χ2v) is 7.70. The third-order valence-corrected chi connectivity index (χ3v) is 5.55. The maximum absolute atomic E-state index is 5.56. The van der Waals surface area contributed by atoms with Crippen molar-refractivity contribution in [3.63, 3.8) is 0 Å². The molecule has 164 valence electrons. The molecular weight excluding hydrogens is 400 g/mol. The van der Waals surface area contributed by atoms with Crippen molar-refractivity contribution in [2.24, 2.45) is 0 Å². The highest BCUT2D eigenvalue weighted by Gasteiger charge is 2.17. The summed E-state index contributed by atoms with van der Waals surface area (Å²) >= 11 is 0. The van der Waals surface area contributed by atoms with E-state index in [1.165, 1.54) is 5.56 Å². The predicted molar refractivity (Wildman–Crippen MR) is 129 cm³/mol. The van der Waals surface area contributed by atoms with Gasteiger partial charge >= 0.3 is 0 Å². The van der Waals surface area contributed by atoms with E-state index in [-0.39, 0.29) is 6.04 Å². The van der Waals surface area contributed by atoms with Gasteiger partial charge in [0.15, 0.2) is 0 Å². The van der Waals surface area contributed by atoms with Crippen LogP contribution in [0.2, 0.25) is 0 Å². The maximum Gasteiger partial charge on any atom is 0.145 e. The Hall–Kier alpha value is -3.73. The van der Waals surface area contributed by atoms with Crippen LogP contribution in [-0.4, -0.2) is 26.3 Å². The Bertz CT molecular complexity index is 1220. The van der Waals surface area contributed by atoms with Gasteiger partial charge < -0.3 is 19.5 Å². The van der Waals surface area contributed by atoms with Crippen molar-refractivity contribution in [1.29, 1.82) is 0 Å². The van der Waals surface area contributed by atoms with E-state index < -0.39 is 0 Å². The number of pyridine rings is 1. The van der Waals surface area contributed by atoms with Crippen molar-refractivity contribution in [3.8, 4) is 17.2 Å². The predicted octanol–water partition coefficient (Wildman–Crippen LogP) is 5.96. The molecule has 0 aliphatic carbocycles. The summed E-state index contributed by atoms with van der Waals surface area (Å²) in [4.78, 5) is 4.72. The van der Waals surface area contributed by atoms with Gasteiger partial charge in [0, 0.05) is 16.8 Å². The van der Waals surface area contributed by atoms with Crippen LogP contribution in [0.25, 0.3) is 10.9 Å². The number of anilines is 1. The van der Waals surface area contributed by atoms with Crippen LogP contribution in [0.3, 0.4) is 0 Å². The van der Waals surface area contributed by atoms with E-state index >= 15 is 0 Å². The topological polar surface area (TPSA) is 52.6 Å². The van der Waals surface area contributed by atoms with E-state index in [0.29, 0.717) is 0 Å². The minimum atomic E-state index is 0.00778. The Morgan fingerprint density at radius 1 is 0.812 bits per heavy atom. The highest BCUT2D eigenvalue weighted by molar-refractivity contribution is 5.95. The van der Waals surface area contributed by atoms with Crippen molar-refractivity contribution < 1.29 is 14.2 Å². The van der Waals surface area contributed by atoms with Crippen molar-refractivity contribution >= 4 is 16.6 Å². The third kappa shape index (κ3) is 4.62. The molecule has 5 nitrogen and oxygen atoms in total. The van der Waals surface area contributed by atoms with Gasteiger partial charge in [0.25, 0.3) is 0 Å². The number of nitrogens with one attached hydrogen (secondary N) is 1. The molecule has 1 atom stereocenters. The molecule has 1 N–H and O–H groups in total. The number of para-hydroxylation sites is 1. The van der Waals surface area contributed by atoms with Gasteiger partial charge in [0.05, 0.1) is 27.4 Å². The summed E-state index contributed by atoms with van der Waals surface area (Å²) in [5.41, 5.74) is 5.11.